The molecule has 0 heterocycles. The van der Waals surface area contributed by atoms with Crippen molar-refractivity contribution in [2.45, 2.75) is 73.0 Å². The molecule has 0 aliphatic carbocycles. The number of amides is 2. The molecule has 0 aliphatic heterocycles. The Morgan fingerprint density at radius 1 is 0.971 bits per heavy atom. The lowest BCUT2D eigenvalue weighted by Crippen LogP contribution is -2.49. The maximum atomic E-state index is 13.3. The van der Waals surface area contributed by atoms with Gasteiger partial charge in [-0.2, -0.15) is 0 Å². The van der Waals surface area contributed by atoms with Crippen LogP contribution in [0.15, 0.2) is 42.5 Å². The van der Waals surface area contributed by atoms with Crippen LogP contribution in [0.3, 0.4) is 0 Å². The van der Waals surface area contributed by atoms with Gasteiger partial charge in [0.05, 0.1) is 11.9 Å². The van der Waals surface area contributed by atoms with Gasteiger partial charge in [-0.15, -0.1) is 0 Å². The van der Waals surface area contributed by atoms with Crippen LogP contribution < -0.4 is 9.62 Å². The highest BCUT2D eigenvalue weighted by molar-refractivity contribution is 7.92. The fraction of sp³-hybridized carbons (Fsp3) is 0.481. The molecule has 0 saturated carbocycles. The van der Waals surface area contributed by atoms with Crippen LogP contribution in [0.5, 0.6) is 0 Å². The van der Waals surface area contributed by atoms with E-state index in [1.165, 1.54) is 10.6 Å². The highest BCUT2D eigenvalue weighted by Gasteiger charge is 2.27. The van der Waals surface area contributed by atoms with E-state index in [1.54, 1.807) is 11.8 Å². The van der Waals surface area contributed by atoms with Crippen molar-refractivity contribution in [3.05, 3.63) is 64.7 Å². The highest BCUT2D eigenvalue weighted by Crippen LogP contribution is 2.24. The molecule has 8 heteroatoms. The Kier molecular flexibility index (Phi) is 9.89. The maximum absolute atomic E-state index is 13.3. The zero-order chi connectivity index (χ0) is 26.3. The van der Waals surface area contributed by atoms with Crippen molar-refractivity contribution in [2.24, 2.45) is 0 Å². The molecule has 0 aliphatic rings. The first-order valence-corrected chi connectivity index (χ1v) is 13.8. The fourth-order valence-corrected chi connectivity index (χ4v) is 4.98. The van der Waals surface area contributed by atoms with Gasteiger partial charge < -0.3 is 10.2 Å². The third kappa shape index (κ3) is 8.38. The summed E-state index contributed by atoms with van der Waals surface area (Å²) >= 11 is 0. The van der Waals surface area contributed by atoms with Crippen LogP contribution in [-0.2, 0) is 26.2 Å². The largest absolute Gasteiger partial charge is 0.352 e. The molecule has 2 amide bonds. The van der Waals surface area contributed by atoms with Crippen molar-refractivity contribution in [3.63, 3.8) is 0 Å². The number of nitrogens with zero attached hydrogens (tertiary/aromatic N) is 2. The Bertz CT molecular complexity index is 1140. The molecule has 7 nitrogen and oxygen atoms in total. The lowest BCUT2D eigenvalue weighted by Gasteiger charge is -2.30. The molecule has 2 rings (SSSR count). The summed E-state index contributed by atoms with van der Waals surface area (Å²) in [6, 6.07) is 12.8. The van der Waals surface area contributed by atoms with Crippen molar-refractivity contribution in [1.82, 2.24) is 10.2 Å². The first-order valence-electron chi connectivity index (χ1n) is 12.0. The third-order valence-electron chi connectivity index (χ3n) is 5.82. The van der Waals surface area contributed by atoms with Crippen molar-refractivity contribution >= 4 is 27.5 Å². The molecule has 1 atom stereocenters. The van der Waals surface area contributed by atoms with Gasteiger partial charge in [-0.3, -0.25) is 13.9 Å². The normalized spacial score (nSPS) is 12.3. The minimum Gasteiger partial charge on any atom is -0.352 e. The molecular formula is C27H39N3O4S. The number of carbonyl (C=O) groups is 2. The molecule has 0 saturated heterocycles. The molecule has 0 unspecified atom stereocenters. The number of sulfonamides is 1. The lowest BCUT2D eigenvalue weighted by atomic mass is 10.1. The van der Waals surface area contributed by atoms with Gasteiger partial charge in [-0.1, -0.05) is 42.0 Å². The Morgan fingerprint density at radius 3 is 2.23 bits per heavy atom. The van der Waals surface area contributed by atoms with E-state index in [9.17, 15) is 18.0 Å². The second-order valence-corrected chi connectivity index (χ2v) is 11.5. The van der Waals surface area contributed by atoms with Crippen molar-refractivity contribution in [1.29, 1.82) is 0 Å². The number of carbonyl (C=O) groups excluding carboxylic acids is 2. The number of hydrogen-bond acceptors (Lipinski definition) is 4. The molecule has 0 radical (unpaired) electrons. The molecule has 0 spiro atoms. The number of anilines is 1. The van der Waals surface area contributed by atoms with Gasteiger partial charge in [0.1, 0.15) is 6.04 Å². The Labute approximate surface area is 210 Å². The quantitative estimate of drug-likeness (QED) is 0.502. The monoisotopic (exact) mass is 501 g/mol. The summed E-state index contributed by atoms with van der Waals surface area (Å²) in [6.45, 7) is 11.7. The number of benzene rings is 2. The molecule has 192 valence electrons. The molecule has 1 N–H and O–H groups in total. The van der Waals surface area contributed by atoms with Gasteiger partial charge in [-0.25, -0.2) is 8.42 Å². The van der Waals surface area contributed by atoms with E-state index >= 15 is 0 Å². The molecule has 0 bridgehead atoms. The number of nitrogens with one attached hydrogen (secondary N) is 1. The van der Waals surface area contributed by atoms with E-state index in [0.717, 1.165) is 22.3 Å². The minimum absolute atomic E-state index is 0.0400. The molecule has 0 fully saturated rings. The maximum Gasteiger partial charge on any atom is 0.242 e. The third-order valence-corrected chi connectivity index (χ3v) is 7.00. The van der Waals surface area contributed by atoms with Crippen LogP contribution in [0.1, 0.15) is 55.9 Å². The molecule has 35 heavy (non-hydrogen) atoms. The summed E-state index contributed by atoms with van der Waals surface area (Å²) in [5.74, 6) is -0.401. The van der Waals surface area contributed by atoms with Crippen LogP contribution in [0.25, 0.3) is 0 Å². The van der Waals surface area contributed by atoms with Crippen LogP contribution in [-0.4, -0.2) is 50.0 Å². The Morgan fingerprint density at radius 2 is 1.63 bits per heavy atom. The van der Waals surface area contributed by atoms with Gasteiger partial charge >= 0.3 is 0 Å². The average Bonchev–Trinajstić information content (AvgIpc) is 2.75. The van der Waals surface area contributed by atoms with Gasteiger partial charge in [0.2, 0.25) is 21.8 Å². The minimum atomic E-state index is -3.53. The predicted octanol–water partition coefficient (Wildman–Crippen LogP) is 4.10. The number of rotatable bonds is 11. The first kappa shape index (κ1) is 28.4. The topological polar surface area (TPSA) is 86.8 Å². The van der Waals surface area contributed by atoms with Gasteiger partial charge in [0.15, 0.2) is 0 Å². The van der Waals surface area contributed by atoms with Gasteiger partial charge in [0, 0.05) is 25.6 Å². The summed E-state index contributed by atoms with van der Waals surface area (Å²) < 4.78 is 26.5. The Balaban J connectivity index is 2.21. The number of hydrogen-bond donors (Lipinski definition) is 1. The smallest absolute Gasteiger partial charge is 0.242 e. The van der Waals surface area contributed by atoms with Crippen LogP contribution in [0.2, 0.25) is 0 Å². The molecule has 2 aromatic rings. The fourth-order valence-electron chi connectivity index (χ4n) is 3.97. The summed E-state index contributed by atoms with van der Waals surface area (Å²) in [5, 5.41) is 2.88. The van der Waals surface area contributed by atoms with Crippen molar-refractivity contribution < 1.29 is 18.0 Å². The van der Waals surface area contributed by atoms with E-state index < -0.39 is 16.1 Å². The second-order valence-electron chi connectivity index (χ2n) is 9.58. The summed E-state index contributed by atoms with van der Waals surface area (Å²) in [7, 11) is -3.53. The summed E-state index contributed by atoms with van der Waals surface area (Å²) in [6.07, 6.45) is 1.64. The summed E-state index contributed by atoms with van der Waals surface area (Å²) in [4.78, 5) is 27.6. The lowest BCUT2D eigenvalue weighted by molar-refractivity contribution is -0.140. The number of aryl methyl sites for hydroxylation is 3. The van der Waals surface area contributed by atoms with E-state index in [4.69, 9.17) is 0 Å². The van der Waals surface area contributed by atoms with E-state index in [-0.39, 0.29) is 30.8 Å². The zero-order valence-electron chi connectivity index (χ0n) is 22.0. The van der Waals surface area contributed by atoms with Crippen molar-refractivity contribution in [2.75, 3.05) is 17.1 Å². The van der Waals surface area contributed by atoms with Crippen LogP contribution >= 0.6 is 0 Å². The SMILES string of the molecule is Cc1cccc(CN(C(=O)CCCN(c2cc(C)ccc2C)S(C)(=O)=O)[C@@H](C)C(=O)NC(C)C)c1. The molecular weight excluding hydrogens is 462 g/mol. The summed E-state index contributed by atoms with van der Waals surface area (Å²) in [5.41, 5.74) is 4.46. The zero-order valence-corrected chi connectivity index (χ0v) is 22.8. The van der Waals surface area contributed by atoms with Crippen LogP contribution in [0, 0.1) is 20.8 Å². The molecule has 0 aromatic heterocycles. The predicted molar refractivity (Wildman–Crippen MR) is 142 cm³/mol. The van der Waals surface area contributed by atoms with E-state index in [1.807, 2.05) is 77.1 Å². The standard InChI is InChI=1S/C27H39N3O4S/c1-19(2)28-27(32)23(6)29(18-24-11-8-10-20(3)16-24)26(31)12-9-15-30(35(7,33)34)25-17-21(4)13-14-22(25)5/h8,10-11,13-14,16-17,19,23H,9,12,15,18H2,1-7H3,(H,28,32)/t23-/m0/s1. The van der Waals surface area contributed by atoms with Crippen LogP contribution in [0.4, 0.5) is 5.69 Å². The average molecular weight is 502 g/mol. The Hall–Kier alpha value is -2.87. The van der Waals surface area contributed by atoms with Gasteiger partial charge in [0.25, 0.3) is 0 Å². The van der Waals surface area contributed by atoms with Gasteiger partial charge in [-0.05, 0) is 70.7 Å². The first-order chi connectivity index (χ1) is 16.3. The van der Waals surface area contributed by atoms with E-state index in [2.05, 4.69) is 5.32 Å². The highest BCUT2D eigenvalue weighted by atomic mass is 32.2. The molecule has 2 aromatic carbocycles. The van der Waals surface area contributed by atoms with E-state index in [0.29, 0.717) is 18.7 Å². The van der Waals surface area contributed by atoms with Crippen molar-refractivity contribution in [3.8, 4) is 0 Å². The second kappa shape index (κ2) is 12.2.